The quantitative estimate of drug-likeness (QED) is 0.248. The Bertz CT molecular complexity index is 1470. The van der Waals surface area contributed by atoms with Crippen molar-refractivity contribution in [1.82, 2.24) is 10.3 Å². The molecule has 0 aliphatic carbocycles. The first-order chi connectivity index (χ1) is 17.3. The van der Waals surface area contributed by atoms with Gasteiger partial charge in [0.15, 0.2) is 0 Å². The summed E-state index contributed by atoms with van der Waals surface area (Å²) in [5, 5.41) is 33.1. The number of hydrogen-bond donors (Lipinski definition) is 4. The molecule has 36 heavy (non-hydrogen) atoms. The van der Waals surface area contributed by atoms with Crippen LogP contribution in [0, 0.1) is 0 Å². The van der Waals surface area contributed by atoms with E-state index in [1.807, 2.05) is 30.3 Å². The van der Waals surface area contributed by atoms with E-state index in [-0.39, 0.29) is 22.0 Å². The number of carbonyl (C=O) groups is 2. The summed E-state index contributed by atoms with van der Waals surface area (Å²) >= 11 is 6.31. The Morgan fingerprint density at radius 3 is 2.58 bits per heavy atom. The van der Waals surface area contributed by atoms with E-state index in [0.717, 1.165) is 16.5 Å². The van der Waals surface area contributed by atoms with E-state index in [4.69, 9.17) is 11.6 Å². The third-order valence-corrected chi connectivity index (χ3v) is 5.95. The molecular formula is C28H23ClN2O5. The number of pyridine rings is 1. The van der Waals surface area contributed by atoms with Gasteiger partial charge < -0.3 is 20.6 Å². The van der Waals surface area contributed by atoms with Crippen molar-refractivity contribution in [3.8, 4) is 5.75 Å². The lowest BCUT2D eigenvalue weighted by atomic mass is 10.00. The van der Waals surface area contributed by atoms with Crippen LogP contribution in [0.3, 0.4) is 0 Å². The lowest BCUT2D eigenvalue weighted by Gasteiger charge is -2.13. The number of rotatable bonds is 8. The van der Waals surface area contributed by atoms with Crippen LogP contribution < -0.4 is 5.32 Å². The Hall–Kier alpha value is -4.20. The lowest BCUT2D eigenvalue weighted by molar-refractivity contribution is -0.132. The summed E-state index contributed by atoms with van der Waals surface area (Å²) in [6.07, 6.45) is 2.93. The predicted molar refractivity (Wildman–Crippen MR) is 138 cm³/mol. The van der Waals surface area contributed by atoms with Gasteiger partial charge in [0.2, 0.25) is 0 Å². The second-order valence-corrected chi connectivity index (χ2v) is 8.65. The number of carboxylic acids is 1. The number of aromatic nitrogens is 1. The number of benzene rings is 3. The number of hydrogen-bond acceptors (Lipinski definition) is 5. The third-order valence-electron chi connectivity index (χ3n) is 5.64. The summed E-state index contributed by atoms with van der Waals surface area (Å²) in [4.78, 5) is 28.9. The number of carboxylic acid groups (broad SMARTS) is 1. The predicted octanol–water partition coefficient (Wildman–Crippen LogP) is 5.12. The topological polar surface area (TPSA) is 120 Å². The van der Waals surface area contributed by atoms with Crippen molar-refractivity contribution < 1.29 is 24.9 Å². The maximum atomic E-state index is 12.8. The van der Waals surface area contributed by atoms with Crippen LogP contribution in [0.1, 0.15) is 39.6 Å². The molecule has 0 saturated heterocycles. The Labute approximate surface area is 212 Å². The van der Waals surface area contributed by atoms with Crippen LogP contribution in [-0.4, -0.2) is 32.2 Å². The van der Waals surface area contributed by atoms with Gasteiger partial charge in [-0.25, -0.2) is 4.79 Å². The van der Waals surface area contributed by atoms with Crippen molar-refractivity contribution in [3.05, 3.63) is 112 Å². The maximum absolute atomic E-state index is 12.8. The van der Waals surface area contributed by atoms with Gasteiger partial charge in [-0.05, 0) is 72.0 Å². The van der Waals surface area contributed by atoms with Crippen LogP contribution in [0.4, 0.5) is 0 Å². The number of aromatic hydroxyl groups is 1. The molecule has 182 valence electrons. The van der Waals surface area contributed by atoms with Crippen LogP contribution in [-0.2, 0) is 11.2 Å². The zero-order chi connectivity index (χ0) is 25.7. The number of aliphatic hydroxyl groups is 1. The fourth-order valence-corrected chi connectivity index (χ4v) is 4.05. The number of phenolic OH excluding ortho intramolecular Hbond substituents is 1. The largest absolute Gasteiger partial charge is 0.508 e. The Morgan fingerprint density at radius 1 is 1.03 bits per heavy atom. The fourth-order valence-electron chi connectivity index (χ4n) is 3.78. The van der Waals surface area contributed by atoms with Gasteiger partial charge in [-0.3, -0.25) is 9.78 Å². The molecular weight excluding hydrogens is 480 g/mol. The number of para-hydroxylation sites is 1. The van der Waals surface area contributed by atoms with Gasteiger partial charge in [0.05, 0.1) is 22.2 Å². The normalized spacial score (nSPS) is 12.3. The van der Waals surface area contributed by atoms with E-state index in [9.17, 15) is 24.9 Å². The average molecular weight is 503 g/mol. The summed E-state index contributed by atoms with van der Waals surface area (Å²) in [6, 6.07) is 20.5. The Morgan fingerprint density at radius 2 is 1.83 bits per heavy atom. The van der Waals surface area contributed by atoms with Gasteiger partial charge in [-0.1, -0.05) is 48.0 Å². The number of phenols is 1. The van der Waals surface area contributed by atoms with Crippen LogP contribution in [0.5, 0.6) is 5.75 Å². The van der Waals surface area contributed by atoms with Gasteiger partial charge in [-0.2, -0.15) is 0 Å². The summed E-state index contributed by atoms with van der Waals surface area (Å²) in [7, 11) is 0. The highest BCUT2D eigenvalue weighted by atomic mass is 35.5. The summed E-state index contributed by atoms with van der Waals surface area (Å²) in [5.41, 5.74) is 2.43. The molecule has 4 N–H and O–H groups in total. The van der Waals surface area contributed by atoms with Crippen molar-refractivity contribution in [2.45, 2.75) is 18.9 Å². The average Bonchev–Trinajstić information content (AvgIpc) is 2.86. The van der Waals surface area contributed by atoms with E-state index in [1.165, 1.54) is 24.4 Å². The molecule has 7 nitrogen and oxygen atoms in total. The monoisotopic (exact) mass is 502 g/mol. The highest BCUT2D eigenvalue weighted by Gasteiger charge is 2.18. The summed E-state index contributed by atoms with van der Waals surface area (Å²) in [5.74, 6) is -1.85. The first kappa shape index (κ1) is 24.9. The molecule has 0 spiro atoms. The molecule has 1 aromatic heterocycles. The smallest absolute Gasteiger partial charge is 0.352 e. The third kappa shape index (κ3) is 6.07. The number of carbonyl (C=O) groups excluding carboxylic acids is 1. The van der Waals surface area contributed by atoms with Crippen molar-refractivity contribution in [2.75, 3.05) is 0 Å². The van der Waals surface area contributed by atoms with E-state index >= 15 is 0 Å². The fraction of sp³-hybridized carbons (Fsp3) is 0.107. The zero-order valence-electron chi connectivity index (χ0n) is 19.1. The van der Waals surface area contributed by atoms with Crippen molar-refractivity contribution in [1.29, 1.82) is 0 Å². The molecule has 0 aliphatic rings. The second-order valence-electron chi connectivity index (χ2n) is 8.24. The zero-order valence-corrected chi connectivity index (χ0v) is 19.8. The molecule has 8 heteroatoms. The lowest BCUT2D eigenvalue weighted by Crippen LogP contribution is -2.27. The van der Waals surface area contributed by atoms with E-state index in [0.29, 0.717) is 24.0 Å². The minimum Gasteiger partial charge on any atom is -0.508 e. The van der Waals surface area contributed by atoms with Gasteiger partial charge in [-0.15, -0.1) is 0 Å². The molecule has 0 aliphatic heterocycles. The number of aliphatic hydroxyl groups excluding tert-OH is 1. The number of aliphatic carboxylic acids is 1. The van der Waals surface area contributed by atoms with Gasteiger partial charge in [0.25, 0.3) is 5.91 Å². The van der Waals surface area contributed by atoms with Crippen molar-refractivity contribution in [2.24, 2.45) is 0 Å². The van der Waals surface area contributed by atoms with E-state index in [2.05, 4.69) is 10.3 Å². The number of fused-ring (bicyclic) bond motifs is 1. The van der Waals surface area contributed by atoms with Crippen LogP contribution in [0.25, 0.3) is 17.0 Å². The molecule has 0 radical (unpaired) electrons. The second kappa shape index (κ2) is 11.0. The standard InChI is InChI=1S/C28H23ClN2O5/c29-23-15-20(26(33)11-8-17-4-3-6-21(32)13-17)9-10-22(23)27(34)31-25(28(35)36)14-18-12-19-5-1-2-7-24(19)30-16-18/h1-7,9-10,12-16,26,32-33H,8,11H2,(H,31,34)(H,35,36). The van der Waals surface area contributed by atoms with Crippen molar-refractivity contribution in [3.63, 3.8) is 0 Å². The molecule has 4 aromatic rings. The number of nitrogens with zero attached hydrogens (tertiary/aromatic N) is 1. The molecule has 1 amide bonds. The number of nitrogens with one attached hydrogen (secondary N) is 1. The SMILES string of the molecule is O=C(O)C(=Cc1cnc2ccccc2c1)NC(=O)c1ccc(C(O)CCc2cccc(O)c2)cc1Cl. The van der Waals surface area contributed by atoms with Gasteiger partial charge in [0.1, 0.15) is 11.4 Å². The minimum atomic E-state index is -1.31. The van der Waals surface area contributed by atoms with Gasteiger partial charge >= 0.3 is 5.97 Å². The summed E-state index contributed by atoms with van der Waals surface area (Å²) < 4.78 is 0. The Balaban J connectivity index is 1.47. The molecule has 1 atom stereocenters. The maximum Gasteiger partial charge on any atom is 0.352 e. The molecule has 0 saturated carbocycles. The first-order valence-electron chi connectivity index (χ1n) is 11.2. The molecule has 1 unspecified atom stereocenters. The number of aryl methyl sites for hydroxylation is 1. The molecule has 3 aromatic carbocycles. The molecule has 4 rings (SSSR count). The molecule has 0 fully saturated rings. The molecule has 0 bridgehead atoms. The van der Waals surface area contributed by atoms with Crippen LogP contribution in [0.2, 0.25) is 5.02 Å². The number of amides is 1. The van der Waals surface area contributed by atoms with Crippen molar-refractivity contribution >= 4 is 40.5 Å². The number of halogens is 1. The minimum absolute atomic E-state index is 0.0735. The molecule has 1 heterocycles. The Kier molecular flexibility index (Phi) is 7.63. The van der Waals surface area contributed by atoms with Crippen LogP contribution >= 0.6 is 11.6 Å². The summed E-state index contributed by atoms with van der Waals surface area (Å²) in [6.45, 7) is 0. The van der Waals surface area contributed by atoms with E-state index in [1.54, 1.807) is 30.3 Å². The highest BCUT2D eigenvalue weighted by molar-refractivity contribution is 6.34. The van der Waals surface area contributed by atoms with E-state index < -0.39 is 18.0 Å². The first-order valence-corrected chi connectivity index (χ1v) is 11.5. The highest BCUT2D eigenvalue weighted by Crippen LogP contribution is 2.26. The van der Waals surface area contributed by atoms with Crippen LogP contribution in [0.15, 0.2) is 84.7 Å². The van der Waals surface area contributed by atoms with Gasteiger partial charge in [0, 0.05) is 11.6 Å².